The number of hydrogen-bond donors (Lipinski definition) is 1. The van der Waals surface area contributed by atoms with Gasteiger partial charge in [-0.3, -0.25) is 4.90 Å². The van der Waals surface area contributed by atoms with E-state index in [-0.39, 0.29) is 5.54 Å². The molecule has 3 nitrogen and oxygen atoms in total. The molecule has 0 aromatic rings. The standard InChI is InChI=1S/C12H27N3/c1-4-6-8-15(5-2)12(10-13)7-9-14(3)11-12/h4-11,13H2,1-3H3. The van der Waals surface area contributed by atoms with Gasteiger partial charge in [0.25, 0.3) is 0 Å². The Kier molecular flexibility index (Phi) is 5.03. The molecule has 1 fully saturated rings. The first-order chi connectivity index (χ1) is 7.18. The zero-order chi connectivity index (χ0) is 11.3. The molecule has 1 unspecified atom stereocenters. The fourth-order valence-corrected chi connectivity index (χ4v) is 2.69. The van der Waals surface area contributed by atoms with Crippen LogP contribution in [-0.4, -0.2) is 55.1 Å². The fraction of sp³-hybridized carbons (Fsp3) is 1.00. The van der Waals surface area contributed by atoms with Gasteiger partial charge in [-0.05, 0) is 39.5 Å². The highest BCUT2D eigenvalue weighted by Gasteiger charge is 2.39. The van der Waals surface area contributed by atoms with Gasteiger partial charge in [-0.2, -0.15) is 0 Å². The lowest BCUT2D eigenvalue weighted by Gasteiger charge is -2.40. The molecule has 1 rings (SSSR count). The van der Waals surface area contributed by atoms with Gasteiger partial charge in [-0.15, -0.1) is 0 Å². The van der Waals surface area contributed by atoms with E-state index in [9.17, 15) is 0 Å². The number of likely N-dealkylation sites (tertiary alicyclic amines) is 1. The van der Waals surface area contributed by atoms with Gasteiger partial charge in [0.15, 0.2) is 0 Å². The molecule has 0 radical (unpaired) electrons. The van der Waals surface area contributed by atoms with Crippen molar-refractivity contribution in [3.05, 3.63) is 0 Å². The maximum absolute atomic E-state index is 6.01. The van der Waals surface area contributed by atoms with Crippen LogP contribution < -0.4 is 5.73 Å². The Morgan fingerprint density at radius 1 is 1.40 bits per heavy atom. The van der Waals surface area contributed by atoms with Crippen molar-refractivity contribution in [3.63, 3.8) is 0 Å². The molecule has 1 heterocycles. The molecule has 3 heteroatoms. The van der Waals surface area contributed by atoms with Crippen molar-refractivity contribution in [2.75, 3.05) is 39.8 Å². The lowest BCUT2D eigenvalue weighted by molar-refractivity contribution is 0.106. The second kappa shape index (κ2) is 5.83. The van der Waals surface area contributed by atoms with Crippen LogP contribution in [-0.2, 0) is 0 Å². The predicted octanol–water partition coefficient (Wildman–Crippen LogP) is 1.14. The topological polar surface area (TPSA) is 32.5 Å². The SMILES string of the molecule is CCCCN(CC)C1(CN)CCN(C)C1. The number of nitrogens with zero attached hydrogens (tertiary/aromatic N) is 2. The minimum Gasteiger partial charge on any atom is -0.329 e. The van der Waals surface area contributed by atoms with Crippen molar-refractivity contribution in [2.45, 2.75) is 38.6 Å². The molecule has 1 atom stereocenters. The lowest BCUT2D eigenvalue weighted by atomic mass is 9.95. The first-order valence-corrected chi connectivity index (χ1v) is 6.32. The van der Waals surface area contributed by atoms with E-state index >= 15 is 0 Å². The molecule has 0 amide bonds. The minimum atomic E-state index is 0.263. The van der Waals surface area contributed by atoms with Gasteiger partial charge in [0, 0.05) is 18.6 Å². The summed E-state index contributed by atoms with van der Waals surface area (Å²) < 4.78 is 0. The van der Waals surface area contributed by atoms with E-state index in [1.807, 2.05) is 0 Å². The van der Waals surface area contributed by atoms with Gasteiger partial charge in [0.1, 0.15) is 0 Å². The van der Waals surface area contributed by atoms with Crippen molar-refractivity contribution < 1.29 is 0 Å². The van der Waals surface area contributed by atoms with E-state index in [1.54, 1.807) is 0 Å². The normalized spacial score (nSPS) is 27.8. The van der Waals surface area contributed by atoms with Crippen LogP contribution >= 0.6 is 0 Å². The molecular weight excluding hydrogens is 186 g/mol. The summed E-state index contributed by atoms with van der Waals surface area (Å²) in [6, 6.07) is 0. The Bertz CT molecular complexity index is 184. The number of rotatable bonds is 6. The van der Waals surface area contributed by atoms with Crippen molar-refractivity contribution in [3.8, 4) is 0 Å². The molecule has 1 aliphatic heterocycles. The van der Waals surface area contributed by atoms with E-state index in [2.05, 4.69) is 30.7 Å². The van der Waals surface area contributed by atoms with Crippen molar-refractivity contribution in [1.82, 2.24) is 9.80 Å². The number of nitrogens with two attached hydrogens (primary N) is 1. The molecule has 2 N–H and O–H groups in total. The van der Waals surface area contributed by atoms with Crippen LogP contribution in [0.1, 0.15) is 33.1 Å². The van der Waals surface area contributed by atoms with Gasteiger partial charge in [-0.25, -0.2) is 0 Å². The lowest BCUT2D eigenvalue weighted by Crippen LogP contribution is -2.55. The molecule has 0 saturated carbocycles. The van der Waals surface area contributed by atoms with E-state index in [1.165, 1.54) is 32.4 Å². The molecule has 15 heavy (non-hydrogen) atoms. The first-order valence-electron chi connectivity index (χ1n) is 6.32. The van der Waals surface area contributed by atoms with Crippen molar-refractivity contribution >= 4 is 0 Å². The third kappa shape index (κ3) is 2.92. The van der Waals surface area contributed by atoms with Gasteiger partial charge < -0.3 is 10.6 Å². The molecular formula is C12H27N3. The van der Waals surface area contributed by atoms with Gasteiger partial charge >= 0.3 is 0 Å². The highest BCUT2D eigenvalue weighted by Crippen LogP contribution is 2.26. The summed E-state index contributed by atoms with van der Waals surface area (Å²) in [6.45, 7) is 9.98. The molecule has 1 aliphatic rings. The van der Waals surface area contributed by atoms with E-state index in [0.717, 1.165) is 19.6 Å². The van der Waals surface area contributed by atoms with E-state index in [4.69, 9.17) is 5.73 Å². The molecule has 90 valence electrons. The zero-order valence-electron chi connectivity index (χ0n) is 10.6. The molecule has 0 aromatic carbocycles. The van der Waals surface area contributed by atoms with Crippen LogP contribution in [0.2, 0.25) is 0 Å². The highest BCUT2D eigenvalue weighted by atomic mass is 15.3. The quantitative estimate of drug-likeness (QED) is 0.718. The van der Waals surface area contributed by atoms with Gasteiger partial charge in [0.2, 0.25) is 0 Å². The van der Waals surface area contributed by atoms with Gasteiger partial charge in [0.05, 0.1) is 0 Å². The number of unbranched alkanes of at least 4 members (excludes halogenated alkanes) is 1. The second-order valence-electron chi connectivity index (χ2n) is 4.85. The molecule has 0 bridgehead atoms. The van der Waals surface area contributed by atoms with Crippen LogP contribution in [0, 0.1) is 0 Å². The summed E-state index contributed by atoms with van der Waals surface area (Å²) in [6.07, 6.45) is 3.80. The number of hydrogen-bond acceptors (Lipinski definition) is 3. The van der Waals surface area contributed by atoms with Crippen molar-refractivity contribution in [1.29, 1.82) is 0 Å². The predicted molar refractivity (Wildman–Crippen MR) is 66.1 cm³/mol. The minimum absolute atomic E-state index is 0.263. The summed E-state index contributed by atoms with van der Waals surface area (Å²) in [4.78, 5) is 5.00. The smallest absolute Gasteiger partial charge is 0.0470 e. The Balaban J connectivity index is 2.61. The maximum atomic E-state index is 6.01. The van der Waals surface area contributed by atoms with Crippen LogP contribution in [0.5, 0.6) is 0 Å². The van der Waals surface area contributed by atoms with Crippen LogP contribution in [0.25, 0.3) is 0 Å². The molecule has 1 saturated heterocycles. The Morgan fingerprint density at radius 2 is 2.13 bits per heavy atom. The third-order valence-electron chi connectivity index (χ3n) is 3.74. The average Bonchev–Trinajstić information content (AvgIpc) is 2.63. The Labute approximate surface area is 94.6 Å². The molecule has 0 aromatic heterocycles. The second-order valence-corrected chi connectivity index (χ2v) is 4.85. The highest BCUT2D eigenvalue weighted by molar-refractivity contribution is 4.98. The largest absolute Gasteiger partial charge is 0.329 e. The Morgan fingerprint density at radius 3 is 2.53 bits per heavy atom. The van der Waals surface area contributed by atoms with Crippen molar-refractivity contribution in [2.24, 2.45) is 5.73 Å². The molecule has 0 aliphatic carbocycles. The summed E-state index contributed by atoms with van der Waals surface area (Å²) in [5, 5.41) is 0. The summed E-state index contributed by atoms with van der Waals surface area (Å²) in [7, 11) is 2.20. The van der Waals surface area contributed by atoms with E-state index < -0.39 is 0 Å². The summed E-state index contributed by atoms with van der Waals surface area (Å²) in [5.41, 5.74) is 6.27. The zero-order valence-corrected chi connectivity index (χ0v) is 10.6. The molecule has 0 spiro atoms. The number of likely N-dealkylation sites (N-methyl/N-ethyl adjacent to an activating group) is 2. The Hall–Kier alpha value is -0.120. The average molecular weight is 213 g/mol. The van der Waals surface area contributed by atoms with Crippen LogP contribution in [0.15, 0.2) is 0 Å². The monoisotopic (exact) mass is 213 g/mol. The first kappa shape index (κ1) is 12.9. The van der Waals surface area contributed by atoms with Crippen LogP contribution in [0.3, 0.4) is 0 Å². The summed E-state index contributed by atoms with van der Waals surface area (Å²) in [5.74, 6) is 0. The fourth-order valence-electron chi connectivity index (χ4n) is 2.69. The van der Waals surface area contributed by atoms with Crippen LogP contribution in [0.4, 0.5) is 0 Å². The van der Waals surface area contributed by atoms with Gasteiger partial charge in [-0.1, -0.05) is 20.3 Å². The third-order valence-corrected chi connectivity index (χ3v) is 3.74. The summed E-state index contributed by atoms with van der Waals surface area (Å²) >= 11 is 0. The maximum Gasteiger partial charge on any atom is 0.0470 e. The van der Waals surface area contributed by atoms with E-state index in [0.29, 0.717) is 0 Å².